The number of nitrogens with zero attached hydrogens (tertiary/aromatic N) is 2. The number of halogens is 2. The average molecular weight is 478 g/mol. The molecule has 0 amide bonds. The van der Waals surface area contributed by atoms with Gasteiger partial charge >= 0.3 is 5.97 Å². The second-order valence-electron chi connectivity index (χ2n) is 5.26. The zero-order chi connectivity index (χ0) is 18.5. The SMILES string of the molecule is CCOC(=O)c1noc(/N=C/c2cc(Br)cc(Br)c2)c1-c1ccccc1. The Hall–Kier alpha value is -2.25. The maximum absolute atomic E-state index is 12.2. The summed E-state index contributed by atoms with van der Waals surface area (Å²) in [5, 5.41) is 3.88. The van der Waals surface area contributed by atoms with Gasteiger partial charge in [0.15, 0.2) is 0 Å². The van der Waals surface area contributed by atoms with Gasteiger partial charge < -0.3 is 9.26 Å². The van der Waals surface area contributed by atoms with Crippen molar-refractivity contribution >= 4 is 49.9 Å². The van der Waals surface area contributed by atoms with Crippen LogP contribution in [0.5, 0.6) is 0 Å². The summed E-state index contributed by atoms with van der Waals surface area (Å²) in [4.78, 5) is 16.6. The molecule has 2 aromatic carbocycles. The molecule has 1 heterocycles. The third kappa shape index (κ3) is 4.28. The van der Waals surface area contributed by atoms with Crippen LogP contribution in [-0.4, -0.2) is 23.9 Å². The van der Waals surface area contributed by atoms with Crippen molar-refractivity contribution in [3.63, 3.8) is 0 Å². The molecule has 1 aromatic heterocycles. The van der Waals surface area contributed by atoms with Crippen LogP contribution in [0.3, 0.4) is 0 Å². The van der Waals surface area contributed by atoms with Gasteiger partial charge in [-0.3, -0.25) is 0 Å². The highest BCUT2D eigenvalue weighted by molar-refractivity contribution is 9.11. The molecule has 0 fully saturated rings. The number of hydrogen-bond donors (Lipinski definition) is 0. The van der Waals surface area contributed by atoms with E-state index in [4.69, 9.17) is 9.26 Å². The van der Waals surface area contributed by atoms with E-state index in [2.05, 4.69) is 42.0 Å². The van der Waals surface area contributed by atoms with Gasteiger partial charge in [-0.15, -0.1) is 0 Å². The van der Waals surface area contributed by atoms with Crippen LogP contribution in [0.15, 0.2) is 67.0 Å². The van der Waals surface area contributed by atoms with Gasteiger partial charge in [0.25, 0.3) is 5.88 Å². The van der Waals surface area contributed by atoms with E-state index in [0.29, 0.717) is 5.56 Å². The highest BCUT2D eigenvalue weighted by atomic mass is 79.9. The lowest BCUT2D eigenvalue weighted by molar-refractivity contribution is 0.0515. The maximum Gasteiger partial charge on any atom is 0.361 e. The number of aliphatic imine (C=N–C) groups is 1. The molecular formula is C19H14Br2N2O3. The summed E-state index contributed by atoms with van der Waals surface area (Å²) in [6.45, 7) is 1.99. The van der Waals surface area contributed by atoms with Gasteiger partial charge in [0.2, 0.25) is 5.69 Å². The highest BCUT2D eigenvalue weighted by Gasteiger charge is 2.24. The average Bonchev–Trinajstić information content (AvgIpc) is 3.04. The predicted octanol–water partition coefficient (Wildman–Crippen LogP) is 5.79. The molecule has 3 rings (SSSR count). The van der Waals surface area contributed by atoms with Crippen LogP contribution in [0.1, 0.15) is 23.0 Å². The summed E-state index contributed by atoms with van der Waals surface area (Å²) in [6.07, 6.45) is 1.65. The van der Waals surface area contributed by atoms with E-state index in [1.54, 1.807) is 13.1 Å². The molecule has 0 saturated heterocycles. The van der Waals surface area contributed by atoms with Crippen molar-refractivity contribution in [1.82, 2.24) is 5.16 Å². The summed E-state index contributed by atoms with van der Waals surface area (Å²) in [5.41, 5.74) is 2.26. The fourth-order valence-corrected chi connectivity index (χ4v) is 3.69. The fourth-order valence-electron chi connectivity index (χ4n) is 2.36. The molecule has 7 heteroatoms. The highest BCUT2D eigenvalue weighted by Crippen LogP contribution is 2.34. The lowest BCUT2D eigenvalue weighted by Crippen LogP contribution is -2.06. The normalized spacial score (nSPS) is 11.0. The van der Waals surface area contributed by atoms with Gasteiger partial charge in [0.1, 0.15) is 0 Å². The van der Waals surface area contributed by atoms with Crippen molar-refractivity contribution in [2.45, 2.75) is 6.92 Å². The zero-order valence-electron chi connectivity index (χ0n) is 13.8. The largest absolute Gasteiger partial charge is 0.461 e. The number of hydrogen-bond acceptors (Lipinski definition) is 5. The molecule has 0 aliphatic carbocycles. The number of benzene rings is 2. The Morgan fingerprint density at radius 3 is 2.54 bits per heavy atom. The van der Waals surface area contributed by atoms with Crippen LogP contribution in [0.2, 0.25) is 0 Å². The van der Waals surface area contributed by atoms with E-state index in [0.717, 1.165) is 20.1 Å². The van der Waals surface area contributed by atoms with Crippen molar-refractivity contribution in [2.75, 3.05) is 6.61 Å². The molecule has 5 nitrogen and oxygen atoms in total. The minimum absolute atomic E-state index is 0.112. The third-order valence-electron chi connectivity index (χ3n) is 3.42. The number of aromatic nitrogens is 1. The lowest BCUT2D eigenvalue weighted by Gasteiger charge is -2.02. The summed E-state index contributed by atoms with van der Waals surface area (Å²) in [6, 6.07) is 15.1. The Kier molecular flexibility index (Phi) is 6.00. The van der Waals surface area contributed by atoms with Crippen LogP contribution < -0.4 is 0 Å². The topological polar surface area (TPSA) is 64.7 Å². The fraction of sp³-hybridized carbons (Fsp3) is 0.105. The number of carbonyl (C=O) groups excluding carboxylic acids is 1. The molecule has 132 valence electrons. The van der Waals surface area contributed by atoms with Crippen LogP contribution in [0.4, 0.5) is 5.88 Å². The molecule has 0 unspecified atom stereocenters. The number of carbonyl (C=O) groups is 1. The zero-order valence-corrected chi connectivity index (χ0v) is 17.0. The van der Waals surface area contributed by atoms with Crippen molar-refractivity contribution in [1.29, 1.82) is 0 Å². The minimum Gasteiger partial charge on any atom is -0.461 e. The van der Waals surface area contributed by atoms with Crippen LogP contribution >= 0.6 is 31.9 Å². The number of ether oxygens (including phenoxy) is 1. The van der Waals surface area contributed by atoms with E-state index < -0.39 is 5.97 Å². The predicted molar refractivity (Wildman–Crippen MR) is 107 cm³/mol. The summed E-state index contributed by atoms with van der Waals surface area (Å²) < 4.78 is 12.2. The Morgan fingerprint density at radius 2 is 1.88 bits per heavy atom. The molecule has 0 aliphatic heterocycles. The maximum atomic E-state index is 12.2. The molecular weight excluding hydrogens is 464 g/mol. The standard InChI is InChI=1S/C19H14Br2N2O3/c1-2-25-19(24)17-16(13-6-4-3-5-7-13)18(26-23-17)22-11-12-8-14(20)10-15(21)9-12/h3-11H,2H2,1H3/b22-11+. The Bertz CT molecular complexity index is 932. The number of rotatable bonds is 5. The van der Waals surface area contributed by atoms with Gasteiger partial charge in [-0.25, -0.2) is 9.79 Å². The van der Waals surface area contributed by atoms with E-state index in [-0.39, 0.29) is 18.2 Å². The first-order valence-electron chi connectivity index (χ1n) is 7.81. The van der Waals surface area contributed by atoms with Gasteiger partial charge in [0.05, 0.1) is 12.2 Å². The molecule has 0 spiro atoms. The number of esters is 1. The Balaban J connectivity index is 2.04. The lowest BCUT2D eigenvalue weighted by atomic mass is 10.1. The smallest absolute Gasteiger partial charge is 0.361 e. The van der Waals surface area contributed by atoms with Crippen molar-refractivity contribution in [3.05, 3.63) is 68.7 Å². The molecule has 0 saturated carbocycles. The Morgan fingerprint density at radius 1 is 1.19 bits per heavy atom. The molecule has 0 radical (unpaired) electrons. The summed E-state index contributed by atoms with van der Waals surface area (Å²) >= 11 is 6.88. The second-order valence-corrected chi connectivity index (χ2v) is 7.09. The van der Waals surface area contributed by atoms with Crippen molar-refractivity contribution in [3.8, 4) is 11.1 Å². The molecule has 0 N–H and O–H groups in total. The van der Waals surface area contributed by atoms with Gasteiger partial charge in [0, 0.05) is 15.2 Å². The third-order valence-corrected chi connectivity index (χ3v) is 4.34. The summed E-state index contributed by atoms with van der Waals surface area (Å²) in [5.74, 6) is -0.294. The molecule has 26 heavy (non-hydrogen) atoms. The van der Waals surface area contributed by atoms with Gasteiger partial charge in [-0.2, -0.15) is 0 Å². The van der Waals surface area contributed by atoms with Crippen LogP contribution in [0.25, 0.3) is 11.1 Å². The molecule has 0 bridgehead atoms. The second kappa shape index (κ2) is 8.42. The van der Waals surface area contributed by atoms with Gasteiger partial charge in [-0.1, -0.05) is 67.3 Å². The molecule has 0 aliphatic rings. The minimum atomic E-state index is -0.540. The quantitative estimate of drug-likeness (QED) is 0.344. The monoisotopic (exact) mass is 476 g/mol. The molecule has 3 aromatic rings. The first kappa shape index (κ1) is 18.5. The van der Waals surface area contributed by atoms with Crippen LogP contribution in [0, 0.1) is 0 Å². The van der Waals surface area contributed by atoms with Crippen molar-refractivity contribution in [2.24, 2.45) is 4.99 Å². The first-order valence-corrected chi connectivity index (χ1v) is 9.39. The van der Waals surface area contributed by atoms with E-state index in [1.165, 1.54) is 0 Å². The van der Waals surface area contributed by atoms with E-state index >= 15 is 0 Å². The summed E-state index contributed by atoms with van der Waals surface area (Å²) in [7, 11) is 0. The van der Waals surface area contributed by atoms with Crippen LogP contribution in [-0.2, 0) is 4.74 Å². The first-order chi connectivity index (χ1) is 12.6. The molecule has 0 atom stereocenters. The Labute approximate surface area is 167 Å². The van der Waals surface area contributed by atoms with E-state index in [9.17, 15) is 4.79 Å². The van der Waals surface area contributed by atoms with Gasteiger partial charge in [-0.05, 0) is 36.2 Å². The van der Waals surface area contributed by atoms with E-state index in [1.807, 2.05) is 48.5 Å². The van der Waals surface area contributed by atoms with Crippen molar-refractivity contribution < 1.29 is 14.1 Å².